The Hall–Kier alpha value is -2.71. The number of amides is 1. The number of nitrogens with one attached hydrogen (secondary N) is 1. The number of nitrogens with zero attached hydrogens (tertiary/aromatic N) is 2. The Balaban J connectivity index is 1.75. The molecule has 0 saturated heterocycles. The molecule has 124 valence electrons. The molecule has 0 aliphatic carbocycles. The summed E-state index contributed by atoms with van der Waals surface area (Å²) in [5.41, 5.74) is 0.634. The van der Waals surface area contributed by atoms with Gasteiger partial charge in [0.05, 0.1) is 12.4 Å². The number of hydrogen-bond acceptors (Lipinski definition) is 4. The highest BCUT2D eigenvalue weighted by atomic mass is 19.4. The van der Waals surface area contributed by atoms with E-state index >= 15 is 0 Å². The Morgan fingerprint density at radius 3 is 2.52 bits per heavy atom. The third-order valence-corrected chi connectivity index (χ3v) is 2.70. The standard InChI is InChI=1S/C14H14F3N3O3/c1-20-8-12(7-19-20)22-9-13(21)18-6-10-2-4-11(5-3-10)23-14(15,16)17/h2-5,7-8H,6,9H2,1H3,(H,18,21). The quantitative estimate of drug-likeness (QED) is 0.880. The summed E-state index contributed by atoms with van der Waals surface area (Å²) < 4.78 is 46.6. The second-order valence-corrected chi connectivity index (χ2v) is 4.61. The topological polar surface area (TPSA) is 65.4 Å². The molecule has 1 aromatic heterocycles. The zero-order valence-electron chi connectivity index (χ0n) is 12.1. The lowest BCUT2D eigenvalue weighted by Crippen LogP contribution is -2.28. The van der Waals surface area contributed by atoms with Crippen LogP contribution in [0.15, 0.2) is 36.7 Å². The van der Waals surface area contributed by atoms with Crippen LogP contribution in [0.1, 0.15) is 5.56 Å². The van der Waals surface area contributed by atoms with Crippen molar-refractivity contribution in [3.8, 4) is 11.5 Å². The van der Waals surface area contributed by atoms with Gasteiger partial charge in [-0.25, -0.2) is 0 Å². The number of carbonyl (C=O) groups excluding carboxylic acids is 1. The molecule has 2 rings (SSSR count). The van der Waals surface area contributed by atoms with E-state index in [9.17, 15) is 18.0 Å². The highest BCUT2D eigenvalue weighted by Gasteiger charge is 2.30. The van der Waals surface area contributed by atoms with E-state index in [4.69, 9.17) is 4.74 Å². The molecule has 0 spiro atoms. The number of hydrogen-bond donors (Lipinski definition) is 1. The van der Waals surface area contributed by atoms with Crippen LogP contribution in [0.4, 0.5) is 13.2 Å². The molecule has 0 saturated carbocycles. The maximum absolute atomic E-state index is 12.0. The average Bonchev–Trinajstić information content (AvgIpc) is 2.88. The Kier molecular flexibility index (Phi) is 5.09. The first-order valence-corrected chi connectivity index (χ1v) is 6.55. The lowest BCUT2D eigenvalue weighted by molar-refractivity contribution is -0.274. The molecule has 6 nitrogen and oxygen atoms in total. The number of carbonyl (C=O) groups is 1. The Labute approximate surface area is 129 Å². The van der Waals surface area contributed by atoms with Crippen molar-refractivity contribution >= 4 is 5.91 Å². The van der Waals surface area contributed by atoms with E-state index in [-0.39, 0.29) is 24.8 Å². The van der Waals surface area contributed by atoms with Crippen LogP contribution in [0.5, 0.6) is 11.5 Å². The van der Waals surface area contributed by atoms with Crippen molar-refractivity contribution in [2.75, 3.05) is 6.61 Å². The van der Waals surface area contributed by atoms with Crippen LogP contribution in [0.2, 0.25) is 0 Å². The third kappa shape index (κ3) is 5.89. The van der Waals surface area contributed by atoms with Crippen molar-refractivity contribution in [3.63, 3.8) is 0 Å². The molecule has 1 N–H and O–H groups in total. The minimum atomic E-state index is -4.72. The minimum Gasteiger partial charge on any atom is -0.480 e. The second kappa shape index (κ2) is 7.03. The van der Waals surface area contributed by atoms with Crippen molar-refractivity contribution < 1.29 is 27.4 Å². The van der Waals surface area contributed by atoms with Crippen LogP contribution < -0.4 is 14.8 Å². The van der Waals surface area contributed by atoms with Crippen LogP contribution in [-0.4, -0.2) is 28.7 Å². The first kappa shape index (κ1) is 16.7. The number of aryl methyl sites for hydroxylation is 1. The molecule has 0 unspecified atom stereocenters. The van der Waals surface area contributed by atoms with E-state index in [0.29, 0.717) is 11.3 Å². The van der Waals surface area contributed by atoms with Gasteiger partial charge in [0.1, 0.15) is 5.75 Å². The summed E-state index contributed by atoms with van der Waals surface area (Å²) in [5.74, 6) is -0.201. The van der Waals surface area contributed by atoms with E-state index < -0.39 is 6.36 Å². The fourth-order valence-corrected chi connectivity index (χ4v) is 1.68. The van der Waals surface area contributed by atoms with Crippen LogP contribution in [-0.2, 0) is 18.4 Å². The smallest absolute Gasteiger partial charge is 0.480 e. The van der Waals surface area contributed by atoms with Gasteiger partial charge >= 0.3 is 6.36 Å². The monoisotopic (exact) mass is 329 g/mol. The molecule has 1 amide bonds. The van der Waals surface area contributed by atoms with E-state index in [1.165, 1.54) is 35.1 Å². The van der Waals surface area contributed by atoms with Crippen molar-refractivity contribution in [1.82, 2.24) is 15.1 Å². The molecule has 2 aromatic rings. The molecule has 1 aromatic carbocycles. The number of rotatable bonds is 6. The molecule has 23 heavy (non-hydrogen) atoms. The van der Waals surface area contributed by atoms with E-state index in [1.807, 2.05) is 0 Å². The number of aromatic nitrogens is 2. The van der Waals surface area contributed by atoms with Gasteiger partial charge in [0.25, 0.3) is 5.91 Å². The van der Waals surface area contributed by atoms with Gasteiger partial charge in [0, 0.05) is 13.6 Å². The van der Waals surface area contributed by atoms with Crippen molar-refractivity contribution in [2.24, 2.45) is 7.05 Å². The Morgan fingerprint density at radius 2 is 1.96 bits per heavy atom. The van der Waals surface area contributed by atoms with Gasteiger partial charge < -0.3 is 14.8 Å². The zero-order valence-corrected chi connectivity index (χ0v) is 12.1. The Morgan fingerprint density at radius 1 is 1.26 bits per heavy atom. The van der Waals surface area contributed by atoms with E-state index in [1.54, 1.807) is 13.2 Å². The number of alkyl halides is 3. The fourth-order valence-electron chi connectivity index (χ4n) is 1.68. The summed E-state index contributed by atoms with van der Waals surface area (Å²) in [5, 5.41) is 6.48. The normalized spacial score (nSPS) is 11.1. The highest BCUT2D eigenvalue weighted by molar-refractivity contribution is 5.77. The summed E-state index contributed by atoms with van der Waals surface area (Å²) in [7, 11) is 1.72. The molecule has 0 atom stereocenters. The van der Waals surface area contributed by atoms with Crippen molar-refractivity contribution in [2.45, 2.75) is 12.9 Å². The lowest BCUT2D eigenvalue weighted by Gasteiger charge is -2.10. The van der Waals surface area contributed by atoms with Crippen LogP contribution >= 0.6 is 0 Å². The number of halogens is 3. The predicted octanol–water partition coefficient (Wildman–Crippen LogP) is 2.01. The highest BCUT2D eigenvalue weighted by Crippen LogP contribution is 2.22. The van der Waals surface area contributed by atoms with Gasteiger partial charge in [-0.3, -0.25) is 9.48 Å². The summed E-state index contributed by atoms with van der Waals surface area (Å²) in [4.78, 5) is 11.6. The molecule has 0 radical (unpaired) electrons. The molecule has 1 heterocycles. The maximum Gasteiger partial charge on any atom is 0.573 e. The Bertz CT molecular complexity index is 653. The van der Waals surface area contributed by atoms with Crippen LogP contribution in [0.3, 0.4) is 0 Å². The molecular weight excluding hydrogens is 315 g/mol. The van der Waals surface area contributed by atoms with Gasteiger partial charge in [0.2, 0.25) is 0 Å². The van der Waals surface area contributed by atoms with E-state index in [2.05, 4.69) is 15.2 Å². The SMILES string of the molecule is Cn1cc(OCC(=O)NCc2ccc(OC(F)(F)F)cc2)cn1. The van der Waals surface area contributed by atoms with Crippen molar-refractivity contribution in [3.05, 3.63) is 42.2 Å². The molecule has 0 aliphatic rings. The summed E-state index contributed by atoms with van der Waals surface area (Å²) >= 11 is 0. The minimum absolute atomic E-state index is 0.168. The maximum atomic E-state index is 12.0. The number of benzene rings is 1. The predicted molar refractivity (Wildman–Crippen MR) is 73.7 cm³/mol. The number of ether oxygens (including phenoxy) is 2. The molecule has 0 bridgehead atoms. The zero-order chi connectivity index (χ0) is 16.9. The van der Waals surface area contributed by atoms with Gasteiger partial charge in [-0.15, -0.1) is 13.2 Å². The molecule has 9 heteroatoms. The van der Waals surface area contributed by atoms with Crippen LogP contribution in [0, 0.1) is 0 Å². The van der Waals surface area contributed by atoms with Gasteiger partial charge in [-0.2, -0.15) is 5.10 Å². The fraction of sp³-hybridized carbons (Fsp3) is 0.286. The van der Waals surface area contributed by atoms with E-state index in [0.717, 1.165) is 0 Å². The largest absolute Gasteiger partial charge is 0.573 e. The summed E-state index contributed by atoms with van der Waals surface area (Å²) in [6.45, 7) is -0.0114. The first-order valence-electron chi connectivity index (χ1n) is 6.55. The van der Waals surface area contributed by atoms with Gasteiger partial charge in [-0.05, 0) is 17.7 Å². The molecule has 0 fully saturated rings. The molecule has 0 aliphatic heterocycles. The third-order valence-electron chi connectivity index (χ3n) is 2.70. The second-order valence-electron chi connectivity index (χ2n) is 4.61. The lowest BCUT2D eigenvalue weighted by atomic mass is 10.2. The average molecular weight is 329 g/mol. The summed E-state index contributed by atoms with van der Waals surface area (Å²) in [6.07, 6.45) is -1.63. The van der Waals surface area contributed by atoms with Crippen molar-refractivity contribution in [1.29, 1.82) is 0 Å². The first-order chi connectivity index (χ1) is 10.8. The van der Waals surface area contributed by atoms with Crippen LogP contribution in [0.25, 0.3) is 0 Å². The molecular formula is C14H14F3N3O3. The summed E-state index contributed by atoms with van der Waals surface area (Å²) in [6, 6.07) is 5.23. The van der Waals surface area contributed by atoms with Gasteiger partial charge in [-0.1, -0.05) is 12.1 Å². The van der Waals surface area contributed by atoms with Gasteiger partial charge in [0.15, 0.2) is 12.4 Å².